The van der Waals surface area contributed by atoms with E-state index in [9.17, 15) is 5.11 Å². The Balaban J connectivity index is 2.34. The van der Waals surface area contributed by atoms with E-state index in [-0.39, 0.29) is 5.92 Å². The summed E-state index contributed by atoms with van der Waals surface area (Å²) >= 11 is 0. The van der Waals surface area contributed by atoms with Gasteiger partial charge >= 0.3 is 0 Å². The molecule has 1 N–H and O–H groups in total. The van der Waals surface area contributed by atoms with Gasteiger partial charge in [-0.1, -0.05) is 50.6 Å². The number of aliphatic hydroxyl groups excluding tert-OH is 1. The molecule has 0 saturated heterocycles. The summed E-state index contributed by atoms with van der Waals surface area (Å²) in [5.74, 6) is 0.419. The molecule has 0 aliphatic carbocycles. The highest BCUT2D eigenvalue weighted by Crippen LogP contribution is 2.37. The number of nitrogens with zero attached hydrogens (tertiary/aromatic N) is 2. The molecule has 19 heavy (non-hydrogen) atoms. The third kappa shape index (κ3) is 3.18. The van der Waals surface area contributed by atoms with Crippen molar-refractivity contribution < 1.29 is 5.11 Å². The second kappa shape index (κ2) is 6.43. The van der Waals surface area contributed by atoms with Gasteiger partial charge in [-0.3, -0.25) is 9.97 Å². The third-order valence-corrected chi connectivity index (χ3v) is 3.67. The highest BCUT2D eigenvalue weighted by atomic mass is 16.3. The summed E-state index contributed by atoms with van der Waals surface area (Å²) in [6.07, 6.45) is 5.28. The maximum Gasteiger partial charge on any atom is 0.105 e. The first kappa shape index (κ1) is 13.7. The molecule has 3 heteroatoms. The van der Waals surface area contributed by atoms with E-state index < -0.39 is 6.10 Å². The molecule has 0 fully saturated rings. The zero-order valence-corrected chi connectivity index (χ0v) is 11.4. The highest BCUT2D eigenvalue weighted by Gasteiger charge is 2.28. The fraction of sp³-hybridized carbons (Fsp3) is 0.375. The van der Waals surface area contributed by atoms with Crippen LogP contribution in [0.25, 0.3) is 0 Å². The predicted molar refractivity (Wildman–Crippen MR) is 75.6 cm³/mol. The molecule has 2 aromatic rings. The molecule has 0 aliphatic rings. The van der Waals surface area contributed by atoms with Crippen LogP contribution < -0.4 is 0 Å². The Morgan fingerprint density at radius 2 is 1.89 bits per heavy atom. The largest absolute Gasteiger partial charge is 0.386 e. The first-order valence-corrected chi connectivity index (χ1v) is 6.73. The average Bonchev–Trinajstić information content (AvgIpc) is 2.49. The van der Waals surface area contributed by atoms with E-state index in [1.807, 2.05) is 18.2 Å². The number of aliphatic hydroxyl groups is 1. The van der Waals surface area contributed by atoms with Gasteiger partial charge in [0.25, 0.3) is 0 Å². The van der Waals surface area contributed by atoms with Gasteiger partial charge in [0.05, 0.1) is 11.9 Å². The maximum atomic E-state index is 10.6. The molecule has 3 nitrogen and oxygen atoms in total. The van der Waals surface area contributed by atoms with E-state index in [2.05, 4.69) is 35.9 Å². The molecule has 1 aromatic heterocycles. The fourth-order valence-corrected chi connectivity index (χ4v) is 2.40. The van der Waals surface area contributed by atoms with E-state index >= 15 is 0 Å². The normalized spacial score (nSPS) is 15.7. The van der Waals surface area contributed by atoms with Crippen molar-refractivity contribution in [3.63, 3.8) is 0 Å². The lowest BCUT2D eigenvalue weighted by atomic mass is 9.80. The van der Waals surface area contributed by atoms with Gasteiger partial charge in [0.15, 0.2) is 0 Å². The van der Waals surface area contributed by atoms with Crippen LogP contribution in [-0.4, -0.2) is 15.1 Å². The Morgan fingerprint density at radius 1 is 1.16 bits per heavy atom. The highest BCUT2D eigenvalue weighted by molar-refractivity contribution is 5.23. The third-order valence-electron chi connectivity index (χ3n) is 3.67. The van der Waals surface area contributed by atoms with E-state index in [1.165, 1.54) is 0 Å². The molecule has 0 spiro atoms. The van der Waals surface area contributed by atoms with Crippen molar-refractivity contribution in [2.24, 2.45) is 5.92 Å². The van der Waals surface area contributed by atoms with Crippen LogP contribution in [0.5, 0.6) is 0 Å². The van der Waals surface area contributed by atoms with Crippen LogP contribution in [0.1, 0.15) is 43.5 Å². The Bertz CT molecular complexity index is 487. The summed E-state index contributed by atoms with van der Waals surface area (Å²) in [5.41, 5.74) is 1.78. The minimum Gasteiger partial charge on any atom is -0.386 e. The molecule has 3 unspecified atom stereocenters. The summed E-state index contributed by atoms with van der Waals surface area (Å²) in [7, 11) is 0. The van der Waals surface area contributed by atoms with Crippen LogP contribution in [-0.2, 0) is 0 Å². The van der Waals surface area contributed by atoms with Gasteiger partial charge in [-0.25, -0.2) is 0 Å². The zero-order chi connectivity index (χ0) is 13.7. The van der Waals surface area contributed by atoms with Gasteiger partial charge in [-0.2, -0.15) is 0 Å². The quantitative estimate of drug-likeness (QED) is 0.892. The fourth-order valence-electron chi connectivity index (χ4n) is 2.40. The molecule has 0 radical (unpaired) electrons. The van der Waals surface area contributed by atoms with Crippen molar-refractivity contribution in [1.82, 2.24) is 9.97 Å². The number of rotatable bonds is 5. The van der Waals surface area contributed by atoms with Crippen LogP contribution in [0.4, 0.5) is 0 Å². The summed E-state index contributed by atoms with van der Waals surface area (Å²) in [6.45, 7) is 4.31. The minimum absolute atomic E-state index is 0.0444. The molecular weight excluding hydrogens is 236 g/mol. The molecule has 3 atom stereocenters. The zero-order valence-electron chi connectivity index (χ0n) is 11.4. The van der Waals surface area contributed by atoms with Crippen molar-refractivity contribution in [3.05, 3.63) is 60.2 Å². The number of aromatic nitrogens is 2. The molecule has 2 rings (SSSR count). The second-order valence-electron chi connectivity index (χ2n) is 4.90. The van der Waals surface area contributed by atoms with Gasteiger partial charge in [-0.05, 0) is 11.5 Å². The van der Waals surface area contributed by atoms with Crippen molar-refractivity contribution >= 4 is 0 Å². The molecule has 100 valence electrons. The molecule has 1 heterocycles. The SMILES string of the molecule is CCC(C)C(c1ccccc1)C(O)c1cnccn1. The summed E-state index contributed by atoms with van der Waals surface area (Å²) in [5, 5.41) is 10.6. The first-order valence-electron chi connectivity index (χ1n) is 6.73. The van der Waals surface area contributed by atoms with Crippen LogP contribution in [0.3, 0.4) is 0 Å². The van der Waals surface area contributed by atoms with Gasteiger partial charge in [0, 0.05) is 18.3 Å². The topological polar surface area (TPSA) is 46.0 Å². The average molecular weight is 256 g/mol. The van der Waals surface area contributed by atoms with Gasteiger partial charge in [0.2, 0.25) is 0 Å². The Kier molecular flexibility index (Phi) is 4.63. The smallest absolute Gasteiger partial charge is 0.105 e. The molecular formula is C16H20N2O. The van der Waals surface area contributed by atoms with Crippen LogP contribution in [0, 0.1) is 5.92 Å². The van der Waals surface area contributed by atoms with Gasteiger partial charge in [-0.15, -0.1) is 0 Å². The molecule has 0 saturated carbocycles. The Labute approximate surface area is 114 Å². The van der Waals surface area contributed by atoms with Crippen LogP contribution >= 0.6 is 0 Å². The lowest BCUT2D eigenvalue weighted by molar-refractivity contribution is 0.113. The molecule has 0 bridgehead atoms. The second-order valence-corrected chi connectivity index (χ2v) is 4.90. The lowest BCUT2D eigenvalue weighted by Gasteiger charge is -2.28. The minimum atomic E-state index is -0.619. The maximum absolute atomic E-state index is 10.6. The standard InChI is InChI=1S/C16H20N2O/c1-3-12(2)15(13-7-5-4-6-8-13)16(19)14-11-17-9-10-18-14/h4-12,15-16,19H,3H2,1-2H3. The van der Waals surface area contributed by atoms with Crippen molar-refractivity contribution in [1.29, 1.82) is 0 Å². The van der Waals surface area contributed by atoms with Gasteiger partial charge in [0.1, 0.15) is 6.10 Å². The molecule has 1 aromatic carbocycles. The number of hydrogen-bond acceptors (Lipinski definition) is 3. The monoisotopic (exact) mass is 256 g/mol. The summed E-state index contributed by atoms with van der Waals surface area (Å²) in [6, 6.07) is 10.1. The van der Waals surface area contributed by atoms with Gasteiger partial charge < -0.3 is 5.11 Å². The summed E-state index contributed by atoms with van der Waals surface area (Å²) in [4.78, 5) is 8.27. The number of hydrogen-bond donors (Lipinski definition) is 1. The lowest BCUT2D eigenvalue weighted by Crippen LogP contribution is -2.19. The van der Waals surface area contributed by atoms with E-state index in [1.54, 1.807) is 18.6 Å². The molecule has 0 amide bonds. The molecule has 0 aliphatic heterocycles. The Morgan fingerprint density at radius 3 is 2.47 bits per heavy atom. The van der Waals surface area contributed by atoms with Crippen molar-refractivity contribution in [2.75, 3.05) is 0 Å². The van der Waals surface area contributed by atoms with E-state index in [0.29, 0.717) is 11.6 Å². The van der Waals surface area contributed by atoms with E-state index in [0.717, 1.165) is 12.0 Å². The van der Waals surface area contributed by atoms with Crippen LogP contribution in [0.15, 0.2) is 48.9 Å². The Hall–Kier alpha value is -1.74. The number of benzene rings is 1. The van der Waals surface area contributed by atoms with Crippen molar-refractivity contribution in [2.45, 2.75) is 32.3 Å². The summed E-state index contributed by atoms with van der Waals surface area (Å²) < 4.78 is 0. The van der Waals surface area contributed by atoms with Crippen molar-refractivity contribution in [3.8, 4) is 0 Å². The predicted octanol–water partition coefficient (Wildman–Crippen LogP) is 3.34. The first-order chi connectivity index (χ1) is 9.24. The van der Waals surface area contributed by atoms with E-state index in [4.69, 9.17) is 0 Å². The van der Waals surface area contributed by atoms with Crippen LogP contribution in [0.2, 0.25) is 0 Å².